The molecule has 0 amide bonds. The molecule has 1 aromatic carbocycles. The summed E-state index contributed by atoms with van der Waals surface area (Å²) >= 11 is 0. The Labute approximate surface area is 100.0 Å². The van der Waals surface area contributed by atoms with Gasteiger partial charge in [-0.25, -0.2) is 4.39 Å². The number of nitrogens with two attached hydrogens (primary N) is 1. The van der Waals surface area contributed by atoms with E-state index in [9.17, 15) is 4.39 Å². The highest BCUT2D eigenvalue weighted by Gasteiger charge is 2.36. The minimum absolute atomic E-state index is 0.279. The molecule has 0 radical (unpaired) electrons. The maximum atomic E-state index is 13.4. The predicted octanol–water partition coefficient (Wildman–Crippen LogP) is 2.45. The second-order valence-corrected chi connectivity index (χ2v) is 4.84. The Balaban J connectivity index is 2.45. The number of benzene rings is 1. The number of rotatable bonds is 2. The predicted molar refractivity (Wildman–Crippen MR) is 62.0 cm³/mol. The van der Waals surface area contributed by atoms with Gasteiger partial charge < -0.3 is 10.5 Å². The van der Waals surface area contributed by atoms with Crippen LogP contribution in [-0.2, 0) is 6.42 Å². The third-order valence-corrected chi connectivity index (χ3v) is 3.02. The number of hydrogen-bond acceptors (Lipinski definition) is 3. The standard InChI is InChI=1S/C13H15FN2O/c1-8(16)11-6-10(14)5-9-7-13(2,3-4-15)17-12(9)11/h5-6,8H,3,7,16H2,1-2H3/t8-,13-/m0/s1. The number of fused-ring (bicyclic) bond motifs is 1. The number of nitriles is 1. The summed E-state index contributed by atoms with van der Waals surface area (Å²) in [7, 11) is 0. The van der Waals surface area contributed by atoms with E-state index in [-0.39, 0.29) is 18.3 Å². The van der Waals surface area contributed by atoms with Gasteiger partial charge in [0, 0.05) is 23.6 Å². The molecule has 1 aliphatic rings. The number of hydrogen-bond donors (Lipinski definition) is 1. The zero-order valence-corrected chi connectivity index (χ0v) is 9.96. The molecule has 0 saturated heterocycles. The van der Waals surface area contributed by atoms with Crippen molar-refractivity contribution in [3.8, 4) is 11.8 Å². The Hall–Kier alpha value is -1.60. The van der Waals surface area contributed by atoms with Crippen LogP contribution < -0.4 is 10.5 Å². The van der Waals surface area contributed by atoms with Gasteiger partial charge in [0.2, 0.25) is 0 Å². The normalized spacial score (nSPS) is 23.7. The highest BCUT2D eigenvalue weighted by molar-refractivity contribution is 5.47. The first-order valence-electron chi connectivity index (χ1n) is 5.59. The summed E-state index contributed by atoms with van der Waals surface area (Å²) in [6, 6.07) is 4.68. The first kappa shape index (κ1) is 11.9. The molecule has 2 atom stereocenters. The first-order chi connectivity index (χ1) is 7.95. The van der Waals surface area contributed by atoms with Gasteiger partial charge in [-0.15, -0.1) is 0 Å². The Morgan fingerprint density at radius 3 is 2.94 bits per heavy atom. The molecule has 0 bridgehead atoms. The van der Waals surface area contributed by atoms with Crippen molar-refractivity contribution in [2.75, 3.05) is 0 Å². The summed E-state index contributed by atoms with van der Waals surface area (Å²) in [5.74, 6) is 0.347. The molecule has 2 rings (SSSR count). The molecular formula is C13H15FN2O. The average molecular weight is 234 g/mol. The maximum absolute atomic E-state index is 13.4. The van der Waals surface area contributed by atoms with Crippen LogP contribution in [-0.4, -0.2) is 5.60 Å². The fourth-order valence-corrected chi connectivity index (χ4v) is 2.22. The van der Waals surface area contributed by atoms with E-state index in [0.717, 1.165) is 5.56 Å². The van der Waals surface area contributed by atoms with E-state index >= 15 is 0 Å². The van der Waals surface area contributed by atoms with Crippen LogP contribution in [0, 0.1) is 17.1 Å². The SMILES string of the molecule is C[C@H](N)c1cc(F)cc2c1O[C@@](C)(CC#N)C2. The van der Waals surface area contributed by atoms with Crippen LogP contribution in [0.15, 0.2) is 12.1 Å². The minimum atomic E-state index is -0.561. The zero-order valence-electron chi connectivity index (χ0n) is 9.96. The molecule has 90 valence electrons. The Morgan fingerprint density at radius 2 is 2.35 bits per heavy atom. The fraction of sp³-hybridized carbons (Fsp3) is 0.462. The third-order valence-electron chi connectivity index (χ3n) is 3.02. The van der Waals surface area contributed by atoms with E-state index in [1.165, 1.54) is 12.1 Å². The molecule has 0 unspecified atom stereocenters. The zero-order chi connectivity index (χ0) is 12.6. The largest absolute Gasteiger partial charge is 0.486 e. The van der Waals surface area contributed by atoms with Gasteiger partial charge in [-0.1, -0.05) is 0 Å². The summed E-state index contributed by atoms with van der Waals surface area (Å²) in [6.45, 7) is 3.65. The molecule has 4 heteroatoms. The quantitative estimate of drug-likeness (QED) is 0.855. The van der Waals surface area contributed by atoms with Crippen LogP contribution in [0.4, 0.5) is 4.39 Å². The topological polar surface area (TPSA) is 59.0 Å². The lowest BCUT2D eigenvalue weighted by atomic mass is 9.95. The molecule has 0 saturated carbocycles. The van der Waals surface area contributed by atoms with Gasteiger partial charge in [0.15, 0.2) is 0 Å². The monoisotopic (exact) mass is 234 g/mol. The van der Waals surface area contributed by atoms with Gasteiger partial charge in [0.05, 0.1) is 12.5 Å². The van der Waals surface area contributed by atoms with Crippen LogP contribution in [0.2, 0.25) is 0 Å². The summed E-state index contributed by atoms with van der Waals surface area (Å²) in [5.41, 5.74) is 6.71. The van der Waals surface area contributed by atoms with Gasteiger partial charge in [0.1, 0.15) is 17.2 Å². The van der Waals surface area contributed by atoms with Crippen LogP contribution in [0.5, 0.6) is 5.75 Å². The van der Waals surface area contributed by atoms with Crippen LogP contribution >= 0.6 is 0 Å². The van der Waals surface area contributed by atoms with Crippen LogP contribution in [0.25, 0.3) is 0 Å². The van der Waals surface area contributed by atoms with Crippen molar-refractivity contribution in [2.24, 2.45) is 5.73 Å². The molecule has 0 aliphatic carbocycles. The summed E-state index contributed by atoms with van der Waals surface area (Å²) in [5, 5.41) is 8.78. The van der Waals surface area contributed by atoms with Gasteiger partial charge >= 0.3 is 0 Å². The lowest BCUT2D eigenvalue weighted by Gasteiger charge is -2.21. The van der Waals surface area contributed by atoms with E-state index in [0.29, 0.717) is 17.7 Å². The molecule has 3 nitrogen and oxygen atoms in total. The first-order valence-corrected chi connectivity index (χ1v) is 5.59. The Morgan fingerprint density at radius 1 is 1.65 bits per heavy atom. The van der Waals surface area contributed by atoms with Crippen molar-refractivity contribution < 1.29 is 9.13 Å². The van der Waals surface area contributed by atoms with Gasteiger partial charge in [-0.05, 0) is 26.0 Å². The van der Waals surface area contributed by atoms with E-state index in [4.69, 9.17) is 15.7 Å². The molecular weight excluding hydrogens is 219 g/mol. The molecule has 17 heavy (non-hydrogen) atoms. The van der Waals surface area contributed by atoms with E-state index < -0.39 is 5.60 Å². The molecule has 1 heterocycles. The van der Waals surface area contributed by atoms with E-state index in [2.05, 4.69) is 6.07 Å². The lowest BCUT2D eigenvalue weighted by molar-refractivity contribution is 0.120. The van der Waals surface area contributed by atoms with Crippen molar-refractivity contribution in [1.82, 2.24) is 0 Å². The summed E-state index contributed by atoms with van der Waals surface area (Å²) in [6.07, 6.45) is 0.828. The lowest BCUT2D eigenvalue weighted by Crippen LogP contribution is -2.29. The number of ether oxygens (including phenoxy) is 1. The second-order valence-electron chi connectivity index (χ2n) is 4.84. The van der Waals surface area contributed by atoms with Gasteiger partial charge in [-0.3, -0.25) is 0 Å². The fourth-order valence-electron chi connectivity index (χ4n) is 2.22. The molecule has 1 aromatic rings. The van der Waals surface area contributed by atoms with Gasteiger partial charge in [0.25, 0.3) is 0 Å². The van der Waals surface area contributed by atoms with Crippen molar-refractivity contribution in [1.29, 1.82) is 5.26 Å². The number of halogens is 1. The molecule has 1 aliphatic heterocycles. The Kier molecular flexibility index (Phi) is 2.80. The molecule has 0 aromatic heterocycles. The third kappa shape index (κ3) is 2.11. The maximum Gasteiger partial charge on any atom is 0.128 e. The minimum Gasteiger partial charge on any atom is -0.486 e. The Bertz CT molecular complexity index is 493. The second kappa shape index (κ2) is 4.01. The highest BCUT2D eigenvalue weighted by Crippen LogP contribution is 2.41. The van der Waals surface area contributed by atoms with Gasteiger partial charge in [-0.2, -0.15) is 5.26 Å². The van der Waals surface area contributed by atoms with Crippen molar-refractivity contribution in [2.45, 2.75) is 38.3 Å². The van der Waals surface area contributed by atoms with Crippen molar-refractivity contribution in [3.63, 3.8) is 0 Å². The van der Waals surface area contributed by atoms with Crippen molar-refractivity contribution >= 4 is 0 Å². The summed E-state index contributed by atoms with van der Waals surface area (Å²) in [4.78, 5) is 0. The highest BCUT2D eigenvalue weighted by atomic mass is 19.1. The molecule has 2 N–H and O–H groups in total. The van der Waals surface area contributed by atoms with Crippen LogP contribution in [0.1, 0.15) is 37.4 Å². The molecule has 0 spiro atoms. The summed E-state index contributed by atoms with van der Waals surface area (Å²) < 4.78 is 19.3. The van der Waals surface area contributed by atoms with Crippen molar-refractivity contribution in [3.05, 3.63) is 29.1 Å². The average Bonchev–Trinajstić information content (AvgIpc) is 2.53. The van der Waals surface area contributed by atoms with Crippen LogP contribution in [0.3, 0.4) is 0 Å². The smallest absolute Gasteiger partial charge is 0.128 e. The van der Waals surface area contributed by atoms with E-state index in [1.807, 2.05) is 6.92 Å². The number of nitrogens with zero attached hydrogens (tertiary/aromatic N) is 1. The van der Waals surface area contributed by atoms with E-state index in [1.54, 1.807) is 6.92 Å². The molecule has 0 fully saturated rings.